The quantitative estimate of drug-likeness (QED) is 0.392. The lowest BCUT2D eigenvalue weighted by atomic mass is 9.97. The molecule has 0 bridgehead atoms. The van der Waals surface area contributed by atoms with Crippen molar-refractivity contribution in [2.45, 2.75) is 19.5 Å². The molecular weight excluding hydrogens is 390 g/mol. The summed E-state index contributed by atoms with van der Waals surface area (Å²) in [6.45, 7) is 1.99. The van der Waals surface area contributed by atoms with Crippen molar-refractivity contribution < 1.29 is 26.3 Å². The molecule has 3 aromatic carbocycles. The van der Waals surface area contributed by atoms with Crippen molar-refractivity contribution >= 4 is 6.08 Å². The van der Waals surface area contributed by atoms with Gasteiger partial charge in [0.05, 0.1) is 5.56 Å². The Kier molecular flexibility index (Phi) is 5.82. The van der Waals surface area contributed by atoms with E-state index >= 15 is 0 Å². The Morgan fingerprint density at radius 2 is 1.28 bits per heavy atom. The van der Waals surface area contributed by atoms with Crippen molar-refractivity contribution in [2.75, 3.05) is 0 Å². The van der Waals surface area contributed by atoms with Crippen molar-refractivity contribution in [2.24, 2.45) is 0 Å². The Bertz CT molecular complexity index is 1020. The molecule has 29 heavy (non-hydrogen) atoms. The van der Waals surface area contributed by atoms with Gasteiger partial charge in [-0.25, -0.2) is 13.2 Å². The highest BCUT2D eigenvalue weighted by atomic mass is 19.4. The number of halogens is 6. The van der Waals surface area contributed by atoms with Gasteiger partial charge in [-0.3, -0.25) is 0 Å². The van der Waals surface area contributed by atoms with Crippen molar-refractivity contribution in [3.63, 3.8) is 0 Å². The van der Waals surface area contributed by atoms with Crippen LogP contribution >= 0.6 is 0 Å². The van der Waals surface area contributed by atoms with Gasteiger partial charge in [-0.2, -0.15) is 13.2 Å². The van der Waals surface area contributed by atoms with Crippen molar-refractivity contribution in [3.05, 3.63) is 89.3 Å². The van der Waals surface area contributed by atoms with Crippen LogP contribution in [-0.4, -0.2) is 6.18 Å². The van der Waals surface area contributed by atoms with Gasteiger partial charge >= 0.3 is 6.18 Å². The van der Waals surface area contributed by atoms with E-state index in [0.717, 1.165) is 36.2 Å². The highest BCUT2D eigenvalue weighted by Crippen LogP contribution is 2.32. The van der Waals surface area contributed by atoms with Gasteiger partial charge in [0, 0.05) is 11.6 Å². The molecule has 3 aromatic rings. The summed E-state index contributed by atoms with van der Waals surface area (Å²) in [5.41, 5.74) is 1.17. The van der Waals surface area contributed by atoms with Crippen LogP contribution in [0.25, 0.3) is 28.3 Å². The summed E-state index contributed by atoms with van der Waals surface area (Å²) in [7, 11) is 0. The molecule has 150 valence electrons. The number of hydrogen-bond acceptors (Lipinski definition) is 0. The van der Waals surface area contributed by atoms with Crippen molar-refractivity contribution in [1.82, 2.24) is 0 Å². The van der Waals surface area contributed by atoms with E-state index in [-0.39, 0.29) is 17.2 Å². The maximum absolute atomic E-state index is 14.6. The smallest absolute Gasteiger partial charge is 0.206 e. The van der Waals surface area contributed by atoms with Crippen molar-refractivity contribution in [3.8, 4) is 22.3 Å². The van der Waals surface area contributed by atoms with Crippen LogP contribution in [0, 0.1) is 17.5 Å². The molecule has 0 aliphatic heterocycles. The van der Waals surface area contributed by atoms with E-state index in [9.17, 15) is 26.3 Å². The van der Waals surface area contributed by atoms with E-state index in [4.69, 9.17) is 0 Å². The van der Waals surface area contributed by atoms with Gasteiger partial charge in [0.1, 0.15) is 17.5 Å². The Hall–Kier alpha value is -3.02. The third kappa shape index (κ3) is 4.88. The molecule has 0 atom stereocenters. The van der Waals surface area contributed by atoms with Crippen LogP contribution in [0.4, 0.5) is 26.3 Å². The number of allylic oxidation sites excluding steroid dienone is 1. The molecule has 0 fully saturated rings. The minimum atomic E-state index is -4.59. The molecule has 0 heterocycles. The van der Waals surface area contributed by atoms with E-state index in [1.54, 1.807) is 12.1 Å². The zero-order valence-corrected chi connectivity index (χ0v) is 15.3. The summed E-state index contributed by atoms with van der Waals surface area (Å²) in [6.07, 6.45) is -3.30. The number of rotatable bonds is 4. The normalized spacial score (nSPS) is 12.0. The first-order valence-corrected chi connectivity index (χ1v) is 8.82. The van der Waals surface area contributed by atoms with Gasteiger partial charge in [0.25, 0.3) is 0 Å². The second-order valence-electron chi connectivity index (χ2n) is 6.48. The van der Waals surface area contributed by atoms with Gasteiger partial charge in [-0.05, 0) is 52.9 Å². The summed E-state index contributed by atoms with van der Waals surface area (Å²) in [6, 6.07) is 12.6. The Morgan fingerprint density at radius 1 is 0.724 bits per heavy atom. The fourth-order valence-electron chi connectivity index (χ4n) is 2.95. The Labute approximate surface area is 164 Å². The Morgan fingerprint density at radius 3 is 1.79 bits per heavy atom. The largest absolute Gasteiger partial charge is 0.409 e. The molecule has 0 unspecified atom stereocenters. The molecule has 0 spiro atoms. The van der Waals surface area contributed by atoms with Crippen LogP contribution in [0.5, 0.6) is 0 Å². The van der Waals surface area contributed by atoms with E-state index in [1.807, 2.05) is 19.1 Å². The topological polar surface area (TPSA) is 0 Å². The molecular formula is C23H16F6. The zero-order chi connectivity index (χ0) is 21.2. The monoisotopic (exact) mass is 406 g/mol. The van der Waals surface area contributed by atoms with Crippen LogP contribution < -0.4 is 0 Å². The molecule has 0 nitrogen and oxygen atoms in total. The summed E-state index contributed by atoms with van der Waals surface area (Å²) in [5, 5.41) is 0. The first-order chi connectivity index (χ1) is 13.7. The highest BCUT2D eigenvalue weighted by Gasteiger charge is 2.22. The maximum Gasteiger partial charge on any atom is 0.409 e. The first-order valence-electron chi connectivity index (χ1n) is 8.82. The second-order valence-corrected chi connectivity index (χ2v) is 6.48. The van der Waals surface area contributed by atoms with Crippen LogP contribution in [0.3, 0.4) is 0 Å². The van der Waals surface area contributed by atoms with E-state index in [0.29, 0.717) is 17.2 Å². The van der Waals surface area contributed by atoms with Crippen LogP contribution in [0.15, 0.2) is 60.7 Å². The number of hydrogen-bond donors (Lipinski definition) is 0. The van der Waals surface area contributed by atoms with Gasteiger partial charge in [-0.1, -0.05) is 43.3 Å². The third-order valence-corrected chi connectivity index (χ3v) is 4.48. The fraction of sp³-hybridized carbons (Fsp3) is 0.130. The maximum atomic E-state index is 14.6. The van der Waals surface area contributed by atoms with Crippen LogP contribution in [0.1, 0.15) is 18.1 Å². The molecule has 0 aliphatic carbocycles. The van der Waals surface area contributed by atoms with Crippen LogP contribution in [-0.2, 0) is 6.42 Å². The van der Waals surface area contributed by atoms with Crippen LogP contribution in [0.2, 0.25) is 0 Å². The Balaban J connectivity index is 1.97. The highest BCUT2D eigenvalue weighted by molar-refractivity contribution is 5.72. The van der Waals surface area contributed by atoms with E-state index < -0.39 is 29.2 Å². The molecule has 0 amide bonds. The van der Waals surface area contributed by atoms with E-state index in [1.165, 1.54) is 6.07 Å². The summed E-state index contributed by atoms with van der Waals surface area (Å²) >= 11 is 0. The minimum Gasteiger partial charge on any atom is -0.206 e. The summed E-state index contributed by atoms with van der Waals surface area (Å²) in [5.74, 6) is -2.80. The third-order valence-electron chi connectivity index (χ3n) is 4.48. The second kappa shape index (κ2) is 8.15. The van der Waals surface area contributed by atoms with E-state index in [2.05, 4.69) is 0 Å². The molecule has 0 aliphatic rings. The number of aryl methyl sites for hydroxylation is 1. The number of benzene rings is 3. The molecule has 0 radical (unpaired) electrons. The van der Waals surface area contributed by atoms with Gasteiger partial charge in [-0.15, -0.1) is 0 Å². The lowest BCUT2D eigenvalue weighted by Gasteiger charge is -2.10. The van der Waals surface area contributed by atoms with Gasteiger partial charge < -0.3 is 0 Å². The first kappa shape index (κ1) is 20.7. The number of alkyl halides is 3. The van der Waals surface area contributed by atoms with Gasteiger partial charge in [0.2, 0.25) is 0 Å². The SMILES string of the molecule is CCc1ccc(-c2cc(F)c(-c3ccc(C=CC(F)(F)F)c(F)c3)c(F)c2)cc1. The molecule has 0 saturated carbocycles. The molecule has 6 heteroatoms. The summed E-state index contributed by atoms with van der Waals surface area (Å²) < 4.78 is 80.1. The zero-order valence-electron chi connectivity index (χ0n) is 15.3. The molecule has 0 saturated heterocycles. The predicted molar refractivity (Wildman–Crippen MR) is 102 cm³/mol. The lowest BCUT2D eigenvalue weighted by molar-refractivity contribution is -0.0790. The predicted octanol–water partition coefficient (Wildman–Crippen LogP) is 7.58. The molecule has 0 aromatic heterocycles. The standard InChI is InChI=1S/C23H16F6/c1-2-14-3-5-15(6-4-14)18-12-20(25)22(21(26)13-18)17-8-7-16(19(24)11-17)9-10-23(27,28)29/h3-13H,2H2,1H3. The molecule has 0 N–H and O–H groups in total. The van der Waals surface area contributed by atoms with Gasteiger partial charge in [0.15, 0.2) is 0 Å². The average molecular weight is 406 g/mol. The lowest BCUT2D eigenvalue weighted by Crippen LogP contribution is -2.00. The minimum absolute atomic E-state index is 0.102. The fourth-order valence-corrected chi connectivity index (χ4v) is 2.95. The average Bonchev–Trinajstić information content (AvgIpc) is 2.66. The summed E-state index contributed by atoms with van der Waals surface area (Å²) in [4.78, 5) is 0. The van der Waals surface area contributed by atoms with Crippen molar-refractivity contribution in [1.29, 1.82) is 0 Å². The molecule has 3 rings (SSSR count).